The number of piperazine rings is 2. The molecule has 0 radical (unpaired) electrons. The molecule has 0 saturated carbocycles. The average Bonchev–Trinajstić information content (AvgIpc) is 1.78. The lowest BCUT2D eigenvalue weighted by molar-refractivity contribution is -0.139. The maximum absolute atomic E-state index is 12.8. The Morgan fingerprint density at radius 3 is 1.11 bits per heavy atom. The van der Waals surface area contributed by atoms with Crippen LogP contribution in [0.2, 0.25) is 0 Å². The SMILES string of the molecule is CC(C)N1CCC(C(=O)N(C)C2CCN(C)CC2)CC1.CC(C)N1CCC(C(=O)N2CCC(N3CCCC3)CC2)CC1.CC(C)N1CCC(C(=O)N2CCN(C)CC2)CC1.CC(C)N1CCC(C(=O)N2CCN(Cc3ccccc3)CC2)CC1.CC(C)N1CCC(C(=O)NCCC2CCCN2C)CC1.CC(C)N1CCC(C(=O)NCCCN(C)C)CC1.CC(C)N1CCC[C@@H]1C(N)=O.CC(C)N[C@@H](CN)C(C)C. The number of nitrogens with zero attached hydrogens (tertiary/aromatic N) is 17. The molecule has 13 saturated heterocycles. The lowest BCUT2D eigenvalue weighted by Gasteiger charge is -2.40. The molecule has 0 bridgehead atoms. The molecule has 29 nitrogen and oxygen atoms in total. The van der Waals surface area contributed by atoms with Crippen molar-refractivity contribution in [1.29, 1.82) is 0 Å². The molecular formula is C114H218N22O7. The largest absolute Gasteiger partial charge is 0.368 e. The minimum absolute atomic E-state index is 0.00463. The molecule has 0 aromatic heterocycles. The van der Waals surface area contributed by atoms with Gasteiger partial charge in [0, 0.05) is 207 Å². The van der Waals surface area contributed by atoms with E-state index in [1.54, 1.807) is 0 Å². The maximum Gasteiger partial charge on any atom is 0.234 e. The zero-order chi connectivity index (χ0) is 105. The number of rotatable bonds is 29. The summed E-state index contributed by atoms with van der Waals surface area (Å²) in [6.45, 7) is 73.7. The maximum atomic E-state index is 12.8. The van der Waals surface area contributed by atoms with Crippen molar-refractivity contribution in [2.75, 3.05) is 252 Å². The molecule has 826 valence electrons. The number of hydrogen-bond acceptors (Lipinski definition) is 22. The van der Waals surface area contributed by atoms with Gasteiger partial charge in [-0.1, -0.05) is 58.0 Å². The van der Waals surface area contributed by atoms with Crippen molar-refractivity contribution in [3.63, 3.8) is 0 Å². The molecule has 13 heterocycles. The van der Waals surface area contributed by atoms with Crippen molar-refractivity contribution in [2.45, 2.75) is 364 Å². The minimum atomic E-state index is -0.170. The Morgan fingerprint density at radius 2 is 0.762 bits per heavy atom. The molecule has 1 aromatic rings. The number of nitrogens with two attached hydrogens (primary N) is 2. The molecule has 29 heteroatoms. The van der Waals surface area contributed by atoms with Gasteiger partial charge in [-0.3, -0.25) is 43.4 Å². The second-order valence-corrected chi connectivity index (χ2v) is 47.5. The van der Waals surface area contributed by atoms with Gasteiger partial charge >= 0.3 is 0 Å². The van der Waals surface area contributed by atoms with Crippen molar-refractivity contribution in [1.82, 2.24) is 99.2 Å². The van der Waals surface area contributed by atoms with E-state index in [0.717, 1.165) is 318 Å². The van der Waals surface area contributed by atoms with Gasteiger partial charge in [0.15, 0.2) is 0 Å². The third kappa shape index (κ3) is 44.4. The van der Waals surface area contributed by atoms with Crippen molar-refractivity contribution in [3.8, 4) is 0 Å². The smallest absolute Gasteiger partial charge is 0.234 e. The Morgan fingerprint density at radius 1 is 0.385 bits per heavy atom. The fourth-order valence-electron chi connectivity index (χ4n) is 23.5. The van der Waals surface area contributed by atoms with E-state index < -0.39 is 0 Å². The monoisotopic (exact) mass is 2010 g/mol. The first kappa shape index (κ1) is 125. The first-order valence-electron chi connectivity index (χ1n) is 58.0. The number of likely N-dealkylation sites (tertiary alicyclic amines) is 11. The highest BCUT2D eigenvalue weighted by Crippen LogP contribution is 2.31. The van der Waals surface area contributed by atoms with Crippen LogP contribution < -0.4 is 27.4 Å². The van der Waals surface area contributed by atoms with E-state index >= 15 is 0 Å². The fraction of sp³-hybridized carbons (Fsp3) is 0.886. The van der Waals surface area contributed by atoms with Gasteiger partial charge in [0.2, 0.25) is 41.4 Å². The molecule has 13 aliphatic rings. The Labute approximate surface area is 873 Å². The molecule has 7 N–H and O–H groups in total. The first-order chi connectivity index (χ1) is 68.1. The summed E-state index contributed by atoms with van der Waals surface area (Å²) in [6.07, 6.45) is 26.6. The van der Waals surface area contributed by atoms with Crippen LogP contribution in [0.15, 0.2) is 30.3 Å². The van der Waals surface area contributed by atoms with Crippen LogP contribution in [0.4, 0.5) is 0 Å². The summed E-state index contributed by atoms with van der Waals surface area (Å²) in [7, 11) is 12.6. The fourth-order valence-corrected chi connectivity index (χ4v) is 23.5. The molecule has 7 amide bonds. The van der Waals surface area contributed by atoms with Gasteiger partial charge in [-0.2, -0.15) is 0 Å². The van der Waals surface area contributed by atoms with E-state index in [4.69, 9.17) is 11.5 Å². The Kier molecular flexibility index (Phi) is 58.1. The molecule has 1 unspecified atom stereocenters. The summed E-state index contributed by atoms with van der Waals surface area (Å²) in [4.78, 5) is 125. The van der Waals surface area contributed by atoms with Crippen molar-refractivity contribution in [2.24, 2.45) is 52.9 Å². The van der Waals surface area contributed by atoms with Gasteiger partial charge < -0.3 is 101 Å². The highest BCUT2D eigenvalue weighted by molar-refractivity contribution is 5.82. The highest BCUT2D eigenvalue weighted by Gasteiger charge is 2.39. The third-order valence-electron chi connectivity index (χ3n) is 33.9. The predicted molar refractivity (Wildman–Crippen MR) is 592 cm³/mol. The van der Waals surface area contributed by atoms with Gasteiger partial charge in [0.05, 0.1) is 6.04 Å². The van der Waals surface area contributed by atoms with E-state index in [0.29, 0.717) is 102 Å². The number of hydrogen-bond donors (Lipinski definition) is 5. The summed E-state index contributed by atoms with van der Waals surface area (Å²) in [5.74, 6) is 4.22. The zero-order valence-corrected chi connectivity index (χ0v) is 95.9. The van der Waals surface area contributed by atoms with E-state index in [-0.39, 0.29) is 53.4 Å². The Hall–Kier alpha value is -5.09. The van der Waals surface area contributed by atoms with Gasteiger partial charge in [0.25, 0.3) is 0 Å². The quantitative estimate of drug-likeness (QED) is 0.0467. The summed E-state index contributed by atoms with van der Waals surface area (Å²) in [5, 5.41) is 9.63. The molecule has 13 fully saturated rings. The molecule has 0 aliphatic carbocycles. The molecular weight excluding hydrogens is 1790 g/mol. The highest BCUT2D eigenvalue weighted by atomic mass is 16.2. The van der Waals surface area contributed by atoms with Crippen LogP contribution >= 0.6 is 0 Å². The molecule has 0 spiro atoms. The lowest BCUT2D eigenvalue weighted by Crippen LogP contribution is -2.51. The Bertz CT molecular complexity index is 3610. The number of primary amides is 1. The van der Waals surface area contributed by atoms with E-state index in [2.05, 4.69) is 289 Å². The predicted octanol–water partition coefficient (Wildman–Crippen LogP) is 11.4. The number of likely N-dealkylation sites (N-methyl/N-ethyl adjacent to an activating group) is 1. The number of benzene rings is 1. The first-order valence-corrected chi connectivity index (χ1v) is 58.0. The number of amides is 7. The van der Waals surface area contributed by atoms with Crippen molar-refractivity contribution in [3.05, 3.63) is 35.9 Å². The summed E-state index contributed by atoms with van der Waals surface area (Å²) < 4.78 is 0. The van der Waals surface area contributed by atoms with Crippen LogP contribution in [0.5, 0.6) is 0 Å². The van der Waals surface area contributed by atoms with Crippen molar-refractivity contribution >= 4 is 41.4 Å². The molecule has 14 rings (SSSR count). The van der Waals surface area contributed by atoms with Crippen LogP contribution in [0.3, 0.4) is 0 Å². The van der Waals surface area contributed by atoms with Gasteiger partial charge in [-0.05, 0) is 422 Å². The normalized spacial score (nSPS) is 23.3. The number of carbonyl (C=O) groups excluding carboxylic acids is 7. The molecule has 143 heavy (non-hydrogen) atoms. The Balaban J connectivity index is 0.000000224. The van der Waals surface area contributed by atoms with E-state index in [1.165, 1.54) is 63.7 Å². The topological polar surface area (TPSA) is 263 Å². The van der Waals surface area contributed by atoms with Crippen molar-refractivity contribution < 1.29 is 33.6 Å². The van der Waals surface area contributed by atoms with Gasteiger partial charge in [-0.25, -0.2) is 0 Å². The number of piperidine rings is 8. The summed E-state index contributed by atoms with van der Waals surface area (Å²) >= 11 is 0. The molecule has 1 aromatic carbocycles. The minimum Gasteiger partial charge on any atom is -0.368 e. The van der Waals surface area contributed by atoms with Crippen LogP contribution in [0.1, 0.15) is 284 Å². The van der Waals surface area contributed by atoms with E-state index in [1.807, 2.05) is 7.05 Å². The average molecular weight is 2010 g/mol. The zero-order valence-electron chi connectivity index (χ0n) is 95.9. The van der Waals surface area contributed by atoms with Crippen LogP contribution in [0.25, 0.3) is 0 Å². The second kappa shape index (κ2) is 66.6. The van der Waals surface area contributed by atoms with Crippen LogP contribution in [-0.4, -0.2) is 455 Å². The van der Waals surface area contributed by atoms with Gasteiger partial charge in [0.1, 0.15) is 0 Å². The number of carbonyl (C=O) groups is 7. The van der Waals surface area contributed by atoms with E-state index in [9.17, 15) is 33.6 Å². The summed E-state index contributed by atoms with van der Waals surface area (Å²) in [5.41, 5.74) is 12.2. The number of nitrogens with one attached hydrogen (secondary N) is 3. The lowest BCUT2D eigenvalue weighted by atomic mass is 9.93. The third-order valence-corrected chi connectivity index (χ3v) is 33.9. The van der Waals surface area contributed by atoms with Gasteiger partial charge in [-0.15, -0.1) is 0 Å². The molecule has 13 aliphatic heterocycles. The van der Waals surface area contributed by atoms with Crippen LogP contribution in [-0.2, 0) is 40.1 Å². The standard InChI is InChI=1S/C20H31N3O.C18H33N3O.2C16H31N3O.C14H27N3O.C14H29N3O.C8H16N2O.C8H20N2/c1-17(2)22-10-8-19(9-11-22)20(24)23-14-12-21(13-15-23)16-18-6-4-3-5-7-18;1-15(2)19-11-5-16(6-12-19)18(22)21-13-7-17(8-14-21)20-9-3-4-10-20;1-13(2)19-11-5-14(6-12-19)16(20)18(4)15-7-9-17(3)10-8-15;1-13(2)19-11-7-14(8-12-19)16(20)17-9-6-15-5-4-10-18(15)3;1-12(2)16-6-4-13(5-7-16)14(18)17-10-8-15(3)9-11-17;1-12(2)17-10-6-13(7-11-17)14(18)15-8-5-9-16(3)4;1-6(2)10-5-3-4-7(10)8(9)11;1-6(2)8(5-9)10-7(3)4/h3-7,17,19H,8-16H2,1-2H3;15-17H,3-14H2,1-2H3;13-15H,5-12H2,1-4H3;13-15H,4-12H2,1-3H3,(H,17,20);12-13H,4-11H2,1-3H3;12-13H,5-11H2,1-4H3,(H,15,18);6-7H,3-5H2,1-2H3,(H2,9,11);6-8,10H,5,9H2,1-4H3/t;;;;;;7-;8-/m......10/s1. The van der Waals surface area contributed by atoms with Crippen LogP contribution in [0, 0.1) is 41.4 Å². The second-order valence-electron chi connectivity index (χ2n) is 47.5. The summed E-state index contributed by atoms with van der Waals surface area (Å²) in [6, 6.07) is 17.6. The molecule has 3 atom stereocenters.